The summed E-state index contributed by atoms with van der Waals surface area (Å²) in [6.45, 7) is 0. The number of carbonyl (C=O) groups excluding carboxylic acids is 1. The summed E-state index contributed by atoms with van der Waals surface area (Å²) in [7, 11) is 0. The van der Waals surface area contributed by atoms with Crippen molar-refractivity contribution in [2.75, 3.05) is 0 Å². The molecule has 2 aromatic rings. The molecule has 0 aliphatic carbocycles. The zero-order chi connectivity index (χ0) is 14.0. The minimum absolute atomic E-state index is 0.180. The van der Waals surface area contributed by atoms with E-state index in [2.05, 4.69) is 0 Å². The van der Waals surface area contributed by atoms with Crippen LogP contribution in [0, 0.1) is 5.82 Å². The van der Waals surface area contributed by atoms with E-state index < -0.39 is 23.3 Å². The van der Waals surface area contributed by atoms with Crippen LogP contribution in [0.2, 0.25) is 0 Å². The van der Waals surface area contributed by atoms with Crippen LogP contribution in [-0.4, -0.2) is 5.78 Å². The fourth-order valence-corrected chi connectivity index (χ4v) is 2.47. The largest absolute Gasteiger partial charge is 0.417 e. The lowest BCUT2D eigenvalue weighted by molar-refractivity contribution is -0.137. The van der Waals surface area contributed by atoms with Gasteiger partial charge in [0.05, 0.1) is 5.56 Å². The Bertz CT molecular complexity index is 583. The van der Waals surface area contributed by atoms with Crippen molar-refractivity contribution in [3.63, 3.8) is 0 Å². The molecule has 0 bridgehead atoms. The number of halogens is 4. The maximum Gasteiger partial charge on any atom is 0.417 e. The van der Waals surface area contributed by atoms with Crippen LogP contribution in [0.5, 0.6) is 0 Å². The first-order valence-corrected chi connectivity index (χ1v) is 6.23. The first-order valence-electron chi connectivity index (χ1n) is 5.29. The van der Waals surface area contributed by atoms with Gasteiger partial charge in [0.1, 0.15) is 5.82 Å². The van der Waals surface area contributed by atoms with Gasteiger partial charge in [-0.05, 0) is 17.7 Å². The second-order valence-electron chi connectivity index (χ2n) is 3.92. The summed E-state index contributed by atoms with van der Waals surface area (Å²) in [4.78, 5) is 11.8. The molecule has 6 heteroatoms. The van der Waals surface area contributed by atoms with Gasteiger partial charge in [-0.15, -0.1) is 0 Å². The number of Topliss-reactive ketones (excluding diaryl/α,β-unsaturated/α-hetero) is 1. The number of hydrogen-bond donors (Lipinski definition) is 0. The summed E-state index contributed by atoms with van der Waals surface area (Å²) >= 11 is 0.834. The summed E-state index contributed by atoms with van der Waals surface area (Å²) in [5.41, 5.74) is -0.767. The van der Waals surface area contributed by atoms with Gasteiger partial charge in [0.15, 0.2) is 5.78 Å². The van der Waals surface area contributed by atoms with Crippen LogP contribution in [0.1, 0.15) is 21.5 Å². The molecule has 100 valence electrons. The summed E-state index contributed by atoms with van der Waals surface area (Å²) in [6, 6.07) is 5.10. The average Bonchev–Trinajstić information content (AvgIpc) is 2.81. The van der Waals surface area contributed by atoms with Gasteiger partial charge in [-0.3, -0.25) is 4.79 Å². The Morgan fingerprint density at radius 3 is 2.32 bits per heavy atom. The lowest BCUT2D eigenvalue weighted by Gasteiger charge is -2.07. The van der Waals surface area contributed by atoms with Gasteiger partial charge >= 0.3 is 6.18 Å². The predicted molar refractivity (Wildman–Crippen MR) is 63.8 cm³/mol. The summed E-state index contributed by atoms with van der Waals surface area (Å²) in [5.74, 6) is -1.08. The Hall–Kier alpha value is -1.69. The molecule has 1 nitrogen and oxygen atoms in total. The summed E-state index contributed by atoms with van der Waals surface area (Å²) < 4.78 is 50.6. The first-order chi connectivity index (χ1) is 8.88. The van der Waals surface area contributed by atoms with Crippen molar-refractivity contribution in [3.8, 4) is 0 Å². The van der Waals surface area contributed by atoms with Crippen LogP contribution in [-0.2, 0) is 12.6 Å². The number of benzene rings is 1. The van der Waals surface area contributed by atoms with E-state index in [1.54, 1.807) is 0 Å². The number of alkyl halides is 3. The van der Waals surface area contributed by atoms with Crippen molar-refractivity contribution in [3.05, 3.63) is 57.5 Å². The smallest absolute Gasteiger partial charge is 0.294 e. The molecular formula is C13H8F4OS. The Morgan fingerprint density at radius 2 is 1.74 bits per heavy atom. The highest BCUT2D eigenvalue weighted by molar-refractivity contribution is 7.08. The maximum atomic E-state index is 12.7. The molecule has 0 atom stereocenters. The van der Waals surface area contributed by atoms with E-state index in [1.807, 2.05) is 0 Å². The van der Waals surface area contributed by atoms with Crippen molar-refractivity contribution in [1.82, 2.24) is 0 Å². The first kappa shape index (κ1) is 13.7. The number of ketones is 1. The third-order valence-electron chi connectivity index (χ3n) is 2.55. The van der Waals surface area contributed by atoms with E-state index >= 15 is 0 Å². The van der Waals surface area contributed by atoms with E-state index in [4.69, 9.17) is 0 Å². The van der Waals surface area contributed by atoms with Gasteiger partial charge in [0.25, 0.3) is 0 Å². The topological polar surface area (TPSA) is 17.1 Å². The molecule has 0 saturated carbocycles. The van der Waals surface area contributed by atoms with Gasteiger partial charge in [-0.2, -0.15) is 24.5 Å². The van der Waals surface area contributed by atoms with Crippen LogP contribution >= 0.6 is 11.3 Å². The normalized spacial score (nSPS) is 11.6. The van der Waals surface area contributed by atoms with Crippen molar-refractivity contribution < 1.29 is 22.4 Å². The molecular weight excluding hydrogens is 280 g/mol. The average molecular weight is 288 g/mol. The summed E-state index contributed by atoms with van der Waals surface area (Å²) in [6.07, 6.45) is -4.71. The lowest BCUT2D eigenvalue weighted by atomic mass is 10.0. The molecule has 0 aliphatic heterocycles. The molecule has 19 heavy (non-hydrogen) atoms. The zero-order valence-corrected chi connectivity index (χ0v) is 10.3. The molecule has 0 radical (unpaired) electrons. The standard InChI is InChI=1S/C13H8F4OS/c14-9-3-1-8(2-4-9)5-12(18)10-6-19-7-11(10)13(15,16)17/h1-4,6-7H,5H2. The monoisotopic (exact) mass is 288 g/mol. The molecule has 1 aromatic carbocycles. The molecule has 0 N–H and O–H groups in total. The van der Waals surface area contributed by atoms with Crippen molar-refractivity contribution >= 4 is 17.1 Å². The molecule has 0 spiro atoms. The highest BCUT2D eigenvalue weighted by Gasteiger charge is 2.35. The molecule has 1 aromatic heterocycles. The molecule has 0 saturated heterocycles. The van der Waals surface area contributed by atoms with Gasteiger partial charge in [-0.1, -0.05) is 12.1 Å². The molecule has 0 amide bonds. The number of thiophene rings is 1. The highest BCUT2D eigenvalue weighted by atomic mass is 32.1. The molecule has 0 aliphatic rings. The van der Waals surface area contributed by atoms with E-state index in [0.717, 1.165) is 16.7 Å². The minimum atomic E-state index is -4.53. The number of rotatable bonds is 3. The summed E-state index contributed by atoms with van der Waals surface area (Å²) in [5, 5.41) is 2.10. The van der Waals surface area contributed by atoms with E-state index in [0.29, 0.717) is 5.56 Å². The van der Waals surface area contributed by atoms with E-state index in [9.17, 15) is 22.4 Å². The Kier molecular flexibility index (Phi) is 3.71. The highest BCUT2D eigenvalue weighted by Crippen LogP contribution is 2.34. The van der Waals surface area contributed by atoms with Crippen LogP contribution in [0.15, 0.2) is 35.0 Å². The molecule has 1 heterocycles. The van der Waals surface area contributed by atoms with Crippen LogP contribution in [0.3, 0.4) is 0 Å². The van der Waals surface area contributed by atoms with Gasteiger partial charge in [-0.25, -0.2) is 4.39 Å². The zero-order valence-electron chi connectivity index (χ0n) is 9.50. The quantitative estimate of drug-likeness (QED) is 0.607. The van der Waals surface area contributed by atoms with Crippen LogP contribution in [0.4, 0.5) is 17.6 Å². The maximum absolute atomic E-state index is 12.7. The fourth-order valence-electron chi connectivity index (χ4n) is 1.62. The lowest BCUT2D eigenvalue weighted by Crippen LogP contribution is -2.12. The fraction of sp³-hybridized carbons (Fsp3) is 0.154. The van der Waals surface area contributed by atoms with E-state index in [1.165, 1.54) is 29.6 Å². The van der Waals surface area contributed by atoms with Crippen LogP contribution < -0.4 is 0 Å². The van der Waals surface area contributed by atoms with Crippen molar-refractivity contribution in [2.24, 2.45) is 0 Å². The van der Waals surface area contributed by atoms with Gasteiger partial charge in [0, 0.05) is 22.7 Å². The van der Waals surface area contributed by atoms with E-state index in [-0.39, 0.29) is 12.0 Å². The third kappa shape index (κ3) is 3.20. The number of hydrogen-bond acceptors (Lipinski definition) is 2. The van der Waals surface area contributed by atoms with Gasteiger partial charge in [0.2, 0.25) is 0 Å². The Balaban J connectivity index is 2.21. The molecule has 0 unspecified atom stereocenters. The number of carbonyl (C=O) groups is 1. The van der Waals surface area contributed by atoms with Crippen molar-refractivity contribution in [1.29, 1.82) is 0 Å². The Morgan fingerprint density at radius 1 is 1.11 bits per heavy atom. The second kappa shape index (κ2) is 5.13. The molecule has 2 rings (SSSR count). The third-order valence-corrected chi connectivity index (χ3v) is 3.29. The second-order valence-corrected chi connectivity index (χ2v) is 4.67. The van der Waals surface area contributed by atoms with Gasteiger partial charge < -0.3 is 0 Å². The minimum Gasteiger partial charge on any atom is -0.294 e. The molecule has 0 fully saturated rings. The van der Waals surface area contributed by atoms with Crippen LogP contribution in [0.25, 0.3) is 0 Å². The predicted octanol–water partition coefficient (Wildman–Crippen LogP) is 4.33. The van der Waals surface area contributed by atoms with Crippen molar-refractivity contribution in [2.45, 2.75) is 12.6 Å². The Labute approximate surface area is 110 Å². The SMILES string of the molecule is O=C(Cc1ccc(F)cc1)c1cscc1C(F)(F)F.